The molecule has 2 aliphatic rings. The molecule has 0 N–H and O–H groups in total. The molecule has 0 aromatic rings. The van der Waals surface area contributed by atoms with Gasteiger partial charge in [0.25, 0.3) is 0 Å². The van der Waals surface area contributed by atoms with Gasteiger partial charge in [0.05, 0.1) is 27.2 Å². The lowest BCUT2D eigenvalue weighted by atomic mass is 9.68. The molecule has 1 nitrogen and oxygen atoms in total. The number of hydrogen-bond acceptors (Lipinski definition) is 0. The molecule has 2 bridgehead atoms. The molecule has 2 heteroatoms. The summed E-state index contributed by atoms with van der Waals surface area (Å²) in [6.07, 6.45) is 4.37. The average Bonchev–Trinajstić information content (AvgIpc) is 2.32. The third-order valence-corrected chi connectivity index (χ3v) is 5.68. The molecule has 3 atom stereocenters. The Hall–Kier alpha value is 0.690. The van der Waals surface area contributed by atoms with E-state index in [4.69, 9.17) is 0 Å². The van der Waals surface area contributed by atoms with Crippen LogP contribution >= 0.6 is 0 Å². The van der Waals surface area contributed by atoms with E-state index in [1.165, 1.54) is 19.3 Å². The zero-order chi connectivity index (χ0) is 10.8. The van der Waals surface area contributed by atoms with E-state index >= 15 is 0 Å². The summed E-state index contributed by atoms with van der Waals surface area (Å²) in [4.78, 5) is 0. The van der Waals surface area contributed by atoms with Gasteiger partial charge >= 0.3 is 0 Å². The maximum atomic E-state index is 2.54. The summed E-state index contributed by atoms with van der Waals surface area (Å²) in [5.41, 5.74) is 1.15. The third-order valence-electron chi connectivity index (χ3n) is 5.68. The van der Waals surface area contributed by atoms with Crippen molar-refractivity contribution in [1.82, 2.24) is 0 Å². The summed E-state index contributed by atoms with van der Waals surface area (Å²) < 4.78 is 1.15. The van der Waals surface area contributed by atoms with Crippen LogP contribution in [-0.2, 0) is 0 Å². The highest BCUT2D eigenvalue weighted by Gasteiger charge is 2.65. The van der Waals surface area contributed by atoms with E-state index in [1.54, 1.807) is 0 Å². The van der Waals surface area contributed by atoms with Crippen LogP contribution in [0.4, 0.5) is 0 Å². The van der Waals surface area contributed by atoms with Gasteiger partial charge in [-0.1, -0.05) is 20.8 Å². The predicted octanol–water partition coefficient (Wildman–Crippen LogP) is -0.0886. The highest BCUT2D eigenvalue weighted by molar-refractivity contribution is 5.10. The second-order valence-corrected chi connectivity index (χ2v) is 7.24. The molecule has 0 unspecified atom stereocenters. The first-order valence-corrected chi connectivity index (χ1v) is 6.01. The number of quaternary nitrogens is 1. The lowest BCUT2D eigenvalue weighted by molar-refractivity contribution is -0.903. The topological polar surface area (TPSA) is 0 Å². The Morgan fingerprint density at radius 2 is 1.60 bits per heavy atom. The second-order valence-electron chi connectivity index (χ2n) is 7.24. The molecule has 2 rings (SSSR count). The van der Waals surface area contributed by atoms with Crippen LogP contribution in [0, 0.1) is 16.7 Å². The van der Waals surface area contributed by atoms with E-state index < -0.39 is 0 Å². The highest BCUT2D eigenvalue weighted by Crippen LogP contribution is 2.66. The molecule has 15 heavy (non-hydrogen) atoms. The SMILES string of the molecule is CC1(C)[C@@H]2CC[C@@]1(C)[C@@H]([N+](C)(C)C)C2.[I-]. The van der Waals surface area contributed by atoms with Crippen LogP contribution in [0.2, 0.25) is 0 Å². The van der Waals surface area contributed by atoms with Crippen LogP contribution in [0.1, 0.15) is 40.0 Å². The lowest BCUT2D eigenvalue weighted by Gasteiger charge is -2.45. The van der Waals surface area contributed by atoms with Crippen molar-refractivity contribution in [2.75, 3.05) is 21.1 Å². The van der Waals surface area contributed by atoms with Gasteiger partial charge in [0, 0.05) is 11.8 Å². The van der Waals surface area contributed by atoms with Gasteiger partial charge in [-0.3, -0.25) is 0 Å². The van der Waals surface area contributed by atoms with E-state index in [9.17, 15) is 0 Å². The Bertz CT molecular complexity index is 254. The molecule has 0 saturated heterocycles. The van der Waals surface area contributed by atoms with Gasteiger partial charge in [0.1, 0.15) is 0 Å². The molecule has 2 saturated carbocycles. The van der Waals surface area contributed by atoms with E-state index in [1.807, 2.05) is 0 Å². The van der Waals surface area contributed by atoms with Crippen molar-refractivity contribution < 1.29 is 28.5 Å². The lowest BCUT2D eigenvalue weighted by Crippen LogP contribution is -3.00. The fourth-order valence-corrected chi connectivity index (χ4v) is 4.33. The Morgan fingerprint density at radius 3 is 1.80 bits per heavy atom. The van der Waals surface area contributed by atoms with Crippen molar-refractivity contribution in [2.24, 2.45) is 16.7 Å². The average molecular weight is 323 g/mol. The molecule has 0 heterocycles. The van der Waals surface area contributed by atoms with Crippen LogP contribution in [-0.4, -0.2) is 31.7 Å². The third kappa shape index (κ3) is 1.67. The molecule has 0 radical (unpaired) electrons. The normalized spacial score (nSPS) is 42.8. The minimum Gasteiger partial charge on any atom is -1.00 e. The molecular formula is C13H26IN. The van der Waals surface area contributed by atoms with Crippen molar-refractivity contribution in [1.29, 1.82) is 0 Å². The van der Waals surface area contributed by atoms with E-state index in [0.717, 1.165) is 16.4 Å². The Balaban J connectivity index is 0.00000112. The molecule has 0 aromatic heterocycles. The standard InChI is InChI=1S/C13H26N.HI/c1-12(2)10-7-8-13(12,3)11(9-10)14(4,5)6;/h10-11H,7-9H2,1-6H3;1H/q+1;/p-1/t10-,11+,13+;/m1./s1. The zero-order valence-corrected chi connectivity index (χ0v) is 13.3. The fraction of sp³-hybridized carbons (Fsp3) is 1.00. The number of nitrogens with zero attached hydrogens (tertiary/aromatic N) is 1. The van der Waals surface area contributed by atoms with Gasteiger partial charge < -0.3 is 28.5 Å². The van der Waals surface area contributed by atoms with Gasteiger partial charge in [-0.2, -0.15) is 0 Å². The molecule has 90 valence electrons. The minimum atomic E-state index is 0. The first-order chi connectivity index (χ1) is 6.19. The molecule has 2 fully saturated rings. The molecule has 2 aliphatic carbocycles. The number of rotatable bonds is 1. The maximum absolute atomic E-state index is 2.54. The number of fused-ring (bicyclic) bond motifs is 2. The number of hydrogen-bond donors (Lipinski definition) is 0. The quantitative estimate of drug-likeness (QED) is 0.467. The summed E-state index contributed by atoms with van der Waals surface area (Å²) in [6.45, 7) is 7.54. The van der Waals surface area contributed by atoms with Gasteiger partial charge in [-0.15, -0.1) is 0 Å². The summed E-state index contributed by atoms with van der Waals surface area (Å²) in [5, 5.41) is 0. The summed E-state index contributed by atoms with van der Waals surface area (Å²) in [7, 11) is 7.10. The molecular weight excluding hydrogens is 297 g/mol. The predicted molar refractivity (Wildman–Crippen MR) is 61.0 cm³/mol. The van der Waals surface area contributed by atoms with E-state index in [0.29, 0.717) is 10.8 Å². The van der Waals surface area contributed by atoms with Crippen LogP contribution in [0.15, 0.2) is 0 Å². The molecule has 0 spiro atoms. The van der Waals surface area contributed by atoms with E-state index in [2.05, 4.69) is 41.9 Å². The van der Waals surface area contributed by atoms with Gasteiger partial charge in [0.15, 0.2) is 0 Å². The van der Waals surface area contributed by atoms with Crippen LogP contribution in [0.25, 0.3) is 0 Å². The zero-order valence-electron chi connectivity index (χ0n) is 11.1. The first-order valence-electron chi connectivity index (χ1n) is 6.01. The molecule has 0 aromatic carbocycles. The van der Waals surface area contributed by atoms with Crippen molar-refractivity contribution in [3.8, 4) is 0 Å². The van der Waals surface area contributed by atoms with Crippen molar-refractivity contribution in [3.05, 3.63) is 0 Å². The summed E-state index contributed by atoms with van der Waals surface area (Å²) in [5.74, 6) is 0.981. The summed E-state index contributed by atoms with van der Waals surface area (Å²) >= 11 is 0. The second kappa shape index (κ2) is 3.59. The van der Waals surface area contributed by atoms with Gasteiger partial charge in [-0.05, 0) is 24.2 Å². The van der Waals surface area contributed by atoms with Crippen molar-refractivity contribution >= 4 is 0 Å². The Labute approximate surface area is 112 Å². The monoisotopic (exact) mass is 323 g/mol. The summed E-state index contributed by atoms with van der Waals surface area (Å²) in [6, 6.07) is 0.872. The number of halogens is 1. The Morgan fingerprint density at radius 1 is 1.07 bits per heavy atom. The fourth-order valence-electron chi connectivity index (χ4n) is 4.33. The molecule has 0 aliphatic heterocycles. The maximum Gasteiger partial charge on any atom is 0.0946 e. The van der Waals surface area contributed by atoms with Crippen LogP contribution < -0.4 is 24.0 Å². The van der Waals surface area contributed by atoms with Crippen LogP contribution in [0.5, 0.6) is 0 Å². The van der Waals surface area contributed by atoms with Crippen LogP contribution in [0.3, 0.4) is 0 Å². The van der Waals surface area contributed by atoms with E-state index in [-0.39, 0.29) is 24.0 Å². The molecule has 0 amide bonds. The smallest absolute Gasteiger partial charge is 0.0946 e. The largest absolute Gasteiger partial charge is 1.00 e. The first kappa shape index (κ1) is 13.8. The minimum absolute atomic E-state index is 0. The van der Waals surface area contributed by atoms with Crippen molar-refractivity contribution in [3.63, 3.8) is 0 Å². The van der Waals surface area contributed by atoms with Crippen molar-refractivity contribution in [2.45, 2.75) is 46.1 Å². The Kier molecular flexibility index (Phi) is 3.29. The highest BCUT2D eigenvalue weighted by atomic mass is 127. The van der Waals surface area contributed by atoms with Gasteiger partial charge in [0.2, 0.25) is 0 Å². The van der Waals surface area contributed by atoms with Gasteiger partial charge in [-0.25, -0.2) is 0 Å².